The first-order chi connectivity index (χ1) is 8.29. The second-order valence-electron chi connectivity index (χ2n) is 3.52. The van der Waals surface area contributed by atoms with Crippen molar-refractivity contribution in [3.63, 3.8) is 0 Å². The van der Waals surface area contributed by atoms with E-state index in [0.717, 1.165) is 20.7 Å². The fraction of sp³-hybridized carbons (Fsp3) is 0.250. The van der Waals surface area contributed by atoms with Gasteiger partial charge in [0.2, 0.25) is 0 Å². The van der Waals surface area contributed by atoms with Crippen LogP contribution in [0.5, 0.6) is 0 Å². The molecule has 0 fully saturated rings. The number of ether oxygens (including phenoxy) is 1. The first-order valence-electron chi connectivity index (χ1n) is 5.24. The molecule has 1 aromatic carbocycles. The summed E-state index contributed by atoms with van der Waals surface area (Å²) in [6, 6.07) is 8.03. The van der Waals surface area contributed by atoms with Crippen LogP contribution in [0.4, 0.5) is 0 Å². The molecule has 1 aromatic heterocycles. The Kier molecular flexibility index (Phi) is 4.67. The van der Waals surface area contributed by atoms with Crippen molar-refractivity contribution in [1.82, 2.24) is 4.98 Å². The van der Waals surface area contributed by atoms with E-state index in [9.17, 15) is 0 Å². The van der Waals surface area contributed by atoms with Crippen LogP contribution in [-0.4, -0.2) is 4.98 Å². The predicted octanol–water partition coefficient (Wildman–Crippen LogP) is 3.08. The van der Waals surface area contributed by atoms with E-state index in [2.05, 4.69) is 20.9 Å². The van der Waals surface area contributed by atoms with Gasteiger partial charge in [0.25, 0.3) is 0 Å². The van der Waals surface area contributed by atoms with E-state index in [1.165, 1.54) is 0 Å². The normalized spacial score (nSPS) is 10.7. The molecule has 0 atom stereocenters. The molecule has 5 heteroatoms. The molecule has 1 heterocycles. The molecule has 90 valence electrons. The Morgan fingerprint density at radius 1 is 1.29 bits per heavy atom. The average molecular weight is 313 g/mol. The van der Waals surface area contributed by atoms with Crippen LogP contribution in [0, 0.1) is 0 Å². The van der Waals surface area contributed by atoms with Crippen LogP contribution < -0.4 is 5.73 Å². The highest BCUT2D eigenvalue weighted by atomic mass is 79.9. The summed E-state index contributed by atoms with van der Waals surface area (Å²) < 4.78 is 6.69. The second-order valence-corrected chi connectivity index (χ2v) is 5.32. The van der Waals surface area contributed by atoms with Crippen LogP contribution in [0.15, 0.2) is 34.1 Å². The number of benzene rings is 1. The number of aromatic nitrogens is 1. The third-order valence-electron chi connectivity index (χ3n) is 2.24. The van der Waals surface area contributed by atoms with Crippen LogP contribution in [0.25, 0.3) is 0 Å². The van der Waals surface area contributed by atoms with Crippen molar-refractivity contribution < 1.29 is 4.74 Å². The average Bonchev–Trinajstić information content (AvgIpc) is 2.80. The summed E-state index contributed by atoms with van der Waals surface area (Å²) >= 11 is 5.06. The Labute approximate surface area is 113 Å². The van der Waals surface area contributed by atoms with Crippen molar-refractivity contribution in [2.45, 2.75) is 19.8 Å². The molecule has 2 N–H and O–H groups in total. The fourth-order valence-electron chi connectivity index (χ4n) is 1.39. The van der Waals surface area contributed by atoms with Gasteiger partial charge in [0.1, 0.15) is 5.01 Å². The number of hydrogen-bond acceptors (Lipinski definition) is 4. The van der Waals surface area contributed by atoms with E-state index in [-0.39, 0.29) is 0 Å². The summed E-state index contributed by atoms with van der Waals surface area (Å²) in [4.78, 5) is 4.34. The minimum atomic E-state index is 0.495. The Morgan fingerprint density at radius 3 is 2.82 bits per heavy atom. The van der Waals surface area contributed by atoms with Gasteiger partial charge in [0.15, 0.2) is 0 Å². The second kappa shape index (κ2) is 6.26. The summed E-state index contributed by atoms with van der Waals surface area (Å²) in [7, 11) is 0. The maximum absolute atomic E-state index is 5.62. The van der Waals surface area contributed by atoms with E-state index in [0.29, 0.717) is 19.8 Å². The Morgan fingerprint density at radius 2 is 2.12 bits per heavy atom. The molecule has 0 bridgehead atoms. The SMILES string of the molecule is NCc1nc(COCc2ccccc2Br)cs1. The first kappa shape index (κ1) is 12.7. The highest BCUT2D eigenvalue weighted by Crippen LogP contribution is 2.17. The minimum absolute atomic E-state index is 0.495. The van der Waals surface area contributed by atoms with Crippen LogP contribution in [0.1, 0.15) is 16.3 Å². The molecule has 2 rings (SSSR count). The number of halogens is 1. The molecule has 0 aliphatic carbocycles. The van der Waals surface area contributed by atoms with Gasteiger partial charge in [0.05, 0.1) is 18.9 Å². The molecule has 0 saturated heterocycles. The van der Waals surface area contributed by atoms with Crippen molar-refractivity contribution in [3.05, 3.63) is 50.4 Å². The van der Waals surface area contributed by atoms with Crippen LogP contribution in [-0.2, 0) is 24.5 Å². The topological polar surface area (TPSA) is 48.1 Å². The van der Waals surface area contributed by atoms with Crippen LogP contribution >= 0.6 is 27.3 Å². The third-order valence-corrected chi connectivity index (χ3v) is 3.93. The van der Waals surface area contributed by atoms with Crippen molar-refractivity contribution in [1.29, 1.82) is 0 Å². The zero-order valence-electron chi connectivity index (χ0n) is 9.23. The number of nitrogens with zero attached hydrogens (tertiary/aromatic N) is 1. The van der Waals surface area contributed by atoms with E-state index in [1.807, 2.05) is 29.6 Å². The smallest absolute Gasteiger partial charge is 0.107 e. The van der Waals surface area contributed by atoms with Crippen molar-refractivity contribution in [2.24, 2.45) is 5.73 Å². The Balaban J connectivity index is 1.85. The Bertz CT molecular complexity index is 487. The molecule has 2 aromatic rings. The van der Waals surface area contributed by atoms with Gasteiger partial charge in [-0.25, -0.2) is 4.98 Å². The minimum Gasteiger partial charge on any atom is -0.370 e. The van der Waals surface area contributed by atoms with Crippen LogP contribution in [0.2, 0.25) is 0 Å². The number of nitrogens with two attached hydrogens (primary N) is 1. The molecule has 0 aliphatic rings. The third kappa shape index (κ3) is 3.61. The van der Waals surface area contributed by atoms with Gasteiger partial charge in [-0.05, 0) is 11.6 Å². The molecule has 17 heavy (non-hydrogen) atoms. The molecule has 0 aliphatic heterocycles. The molecule has 0 spiro atoms. The van der Waals surface area contributed by atoms with E-state index in [4.69, 9.17) is 10.5 Å². The van der Waals surface area contributed by atoms with Crippen molar-refractivity contribution in [2.75, 3.05) is 0 Å². The lowest BCUT2D eigenvalue weighted by Gasteiger charge is -2.04. The summed E-state index contributed by atoms with van der Waals surface area (Å²) in [6.07, 6.45) is 0. The number of thiazole rings is 1. The summed E-state index contributed by atoms with van der Waals surface area (Å²) in [5.41, 5.74) is 7.59. The van der Waals surface area contributed by atoms with E-state index >= 15 is 0 Å². The maximum atomic E-state index is 5.62. The molecule has 0 radical (unpaired) electrons. The van der Waals surface area contributed by atoms with Gasteiger partial charge < -0.3 is 10.5 Å². The molecule has 3 nitrogen and oxygen atoms in total. The first-order valence-corrected chi connectivity index (χ1v) is 6.91. The van der Waals surface area contributed by atoms with Gasteiger partial charge in [-0.15, -0.1) is 11.3 Å². The fourth-order valence-corrected chi connectivity index (χ4v) is 2.45. The van der Waals surface area contributed by atoms with Crippen LogP contribution in [0.3, 0.4) is 0 Å². The van der Waals surface area contributed by atoms with Gasteiger partial charge in [0, 0.05) is 16.4 Å². The highest BCUT2D eigenvalue weighted by Gasteiger charge is 2.02. The zero-order chi connectivity index (χ0) is 12.1. The zero-order valence-corrected chi connectivity index (χ0v) is 11.6. The Hall–Kier alpha value is -0.750. The number of hydrogen-bond donors (Lipinski definition) is 1. The van der Waals surface area contributed by atoms with E-state index < -0.39 is 0 Å². The highest BCUT2D eigenvalue weighted by molar-refractivity contribution is 9.10. The van der Waals surface area contributed by atoms with Gasteiger partial charge >= 0.3 is 0 Å². The summed E-state index contributed by atoms with van der Waals surface area (Å²) in [5, 5.41) is 2.94. The molecule has 0 unspecified atom stereocenters. The summed E-state index contributed by atoms with van der Waals surface area (Å²) in [5.74, 6) is 0. The lowest BCUT2D eigenvalue weighted by atomic mass is 10.2. The number of rotatable bonds is 5. The maximum Gasteiger partial charge on any atom is 0.107 e. The lowest BCUT2D eigenvalue weighted by Crippen LogP contribution is -1.98. The summed E-state index contributed by atoms with van der Waals surface area (Å²) in [6.45, 7) is 1.60. The molecule has 0 saturated carbocycles. The van der Waals surface area contributed by atoms with Gasteiger partial charge in [-0.1, -0.05) is 34.1 Å². The standard InChI is InChI=1S/C12H13BrN2OS/c13-11-4-2-1-3-9(11)6-16-7-10-8-17-12(5-14)15-10/h1-4,8H,5-7,14H2. The predicted molar refractivity (Wildman–Crippen MR) is 72.6 cm³/mol. The lowest BCUT2D eigenvalue weighted by molar-refractivity contribution is 0.104. The quantitative estimate of drug-likeness (QED) is 0.923. The largest absolute Gasteiger partial charge is 0.370 e. The van der Waals surface area contributed by atoms with Gasteiger partial charge in [-0.3, -0.25) is 0 Å². The monoisotopic (exact) mass is 312 g/mol. The molecule has 0 amide bonds. The van der Waals surface area contributed by atoms with Crippen molar-refractivity contribution in [3.8, 4) is 0 Å². The molecular weight excluding hydrogens is 300 g/mol. The van der Waals surface area contributed by atoms with Gasteiger partial charge in [-0.2, -0.15) is 0 Å². The van der Waals surface area contributed by atoms with Crippen molar-refractivity contribution >= 4 is 27.3 Å². The molecular formula is C12H13BrN2OS. The van der Waals surface area contributed by atoms with E-state index in [1.54, 1.807) is 11.3 Å².